The van der Waals surface area contributed by atoms with Crippen LogP contribution >= 0.6 is 19.5 Å². The maximum absolute atomic E-state index is 12.1. The van der Waals surface area contributed by atoms with Crippen molar-refractivity contribution in [2.75, 3.05) is 19.3 Å². The quantitative estimate of drug-likeness (QED) is 0.223. The van der Waals surface area contributed by atoms with E-state index in [1.807, 2.05) is 37.3 Å². The van der Waals surface area contributed by atoms with Crippen LogP contribution in [0, 0.1) is 6.92 Å². The fourth-order valence-electron chi connectivity index (χ4n) is 2.00. The van der Waals surface area contributed by atoms with Gasteiger partial charge in [-0.05, 0) is 12.5 Å². The van der Waals surface area contributed by atoms with Gasteiger partial charge in [0, 0.05) is 24.2 Å². The molecule has 1 heterocycles. The van der Waals surface area contributed by atoms with Gasteiger partial charge < -0.3 is 15.2 Å². The first kappa shape index (κ1) is 20.5. The molecule has 1 aromatic carbocycles. The molecule has 1 unspecified atom stereocenters. The SMILES string of the molecule is CN/C(=N/CCSCc1nc[nH]c1C)NP(=O)(O)OCc1ccccc1. The predicted octanol–water partition coefficient (Wildman–Crippen LogP) is 2.43. The first-order valence-electron chi connectivity index (χ1n) is 8.08. The molecule has 1 atom stereocenters. The zero-order valence-corrected chi connectivity index (χ0v) is 16.5. The molecule has 0 spiro atoms. The summed E-state index contributed by atoms with van der Waals surface area (Å²) in [6.45, 7) is 2.52. The van der Waals surface area contributed by atoms with Crippen LogP contribution in [0.2, 0.25) is 0 Å². The molecule has 0 saturated heterocycles. The molecule has 0 radical (unpaired) electrons. The summed E-state index contributed by atoms with van der Waals surface area (Å²) < 4.78 is 17.2. The molecule has 0 saturated carbocycles. The Balaban J connectivity index is 1.74. The number of imidazole rings is 1. The van der Waals surface area contributed by atoms with E-state index in [1.54, 1.807) is 25.1 Å². The van der Waals surface area contributed by atoms with Crippen LogP contribution in [0.5, 0.6) is 0 Å². The molecule has 0 fully saturated rings. The van der Waals surface area contributed by atoms with Crippen molar-refractivity contribution in [3.63, 3.8) is 0 Å². The van der Waals surface area contributed by atoms with E-state index in [2.05, 4.69) is 25.4 Å². The Labute approximate surface area is 157 Å². The van der Waals surface area contributed by atoms with Gasteiger partial charge in [-0.25, -0.2) is 9.55 Å². The fraction of sp³-hybridized carbons (Fsp3) is 0.375. The molecular weight excluding hydrogens is 373 g/mol. The molecule has 0 bridgehead atoms. The Kier molecular flexibility index (Phi) is 8.18. The average molecular weight is 397 g/mol. The second kappa shape index (κ2) is 10.4. The molecule has 2 aromatic rings. The van der Waals surface area contributed by atoms with E-state index >= 15 is 0 Å². The average Bonchev–Trinajstić information content (AvgIpc) is 3.04. The van der Waals surface area contributed by atoms with Crippen LogP contribution in [0.15, 0.2) is 41.7 Å². The molecule has 0 aliphatic carbocycles. The molecule has 2 rings (SSSR count). The van der Waals surface area contributed by atoms with Crippen LogP contribution < -0.4 is 10.4 Å². The number of rotatable bonds is 9. The predicted molar refractivity (Wildman–Crippen MR) is 105 cm³/mol. The standard InChI is InChI=1S/C16H24N5O3PS/c1-13-15(20-12-19-13)11-26-9-8-18-16(17-2)21-25(22,23)24-10-14-6-4-3-5-7-14/h3-7,12H,8-11H2,1-2H3,(H,19,20)(H3,17,18,21,22,23). The molecule has 0 aliphatic rings. The molecule has 26 heavy (non-hydrogen) atoms. The summed E-state index contributed by atoms with van der Waals surface area (Å²) in [5, 5.41) is 5.20. The van der Waals surface area contributed by atoms with Crippen molar-refractivity contribution >= 4 is 25.5 Å². The highest BCUT2D eigenvalue weighted by atomic mass is 32.2. The van der Waals surface area contributed by atoms with Crippen LogP contribution in [0.1, 0.15) is 17.0 Å². The third kappa shape index (κ3) is 7.21. The van der Waals surface area contributed by atoms with Gasteiger partial charge in [-0.3, -0.25) is 14.6 Å². The summed E-state index contributed by atoms with van der Waals surface area (Å²) in [4.78, 5) is 21.5. The van der Waals surface area contributed by atoms with Crippen LogP contribution in [0.25, 0.3) is 0 Å². The second-order valence-electron chi connectivity index (χ2n) is 5.40. The van der Waals surface area contributed by atoms with Crippen molar-refractivity contribution in [1.29, 1.82) is 0 Å². The van der Waals surface area contributed by atoms with Gasteiger partial charge >= 0.3 is 7.75 Å². The monoisotopic (exact) mass is 397 g/mol. The first-order chi connectivity index (χ1) is 12.5. The lowest BCUT2D eigenvalue weighted by Gasteiger charge is -2.15. The van der Waals surface area contributed by atoms with Gasteiger partial charge in [0.2, 0.25) is 0 Å². The Morgan fingerprint density at radius 3 is 2.85 bits per heavy atom. The summed E-state index contributed by atoms with van der Waals surface area (Å²) in [6, 6.07) is 9.21. The zero-order chi connectivity index (χ0) is 18.8. The van der Waals surface area contributed by atoms with Crippen LogP contribution in [-0.2, 0) is 21.4 Å². The van der Waals surface area contributed by atoms with Crippen molar-refractivity contribution < 1.29 is 14.0 Å². The van der Waals surface area contributed by atoms with Crippen molar-refractivity contribution in [2.24, 2.45) is 4.99 Å². The highest BCUT2D eigenvalue weighted by Crippen LogP contribution is 2.37. The topological polar surface area (TPSA) is 112 Å². The third-order valence-electron chi connectivity index (χ3n) is 3.41. The minimum atomic E-state index is -4.00. The molecule has 142 valence electrons. The van der Waals surface area contributed by atoms with Crippen molar-refractivity contribution in [1.82, 2.24) is 20.4 Å². The van der Waals surface area contributed by atoms with Crippen LogP contribution in [0.3, 0.4) is 0 Å². The van der Waals surface area contributed by atoms with Crippen LogP contribution in [-0.4, -0.2) is 40.2 Å². The number of H-pyrrole nitrogens is 1. The fourth-order valence-corrected chi connectivity index (χ4v) is 3.68. The van der Waals surface area contributed by atoms with Crippen LogP contribution in [0.4, 0.5) is 0 Å². The number of thioether (sulfide) groups is 1. The Hall–Kier alpha value is -1.80. The van der Waals surface area contributed by atoms with Gasteiger partial charge in [0.05, 0.1) is 25.2 Å². The van der Waals surface area contributed by atoms with Gasteiger partial charge in [-0.1, -0.05) is 30.3 Å². The number of hydrogen-bond donors (Lipinski definition) is 4. The molecule has 8 nitrogen and oxygen atoms in total. The number of nitrogens with one attached hydrogen (secondary N) is 3. The van der Waals surface area contributed by atoms with E-state index in [0.717, 1.165) is 28.5 Å². The molecule has 0 aliphatic heterocycles. The summed E-state index contributed by atoms with van der Waals surface area (Å²) in [6.07, 6.45) is 1.68. The number of aromatic amines is 1. The number of benzene rings is 1. The lowest BCUT2D eigenvalue weighted by Crippen LogP contribution is -2.33. The van der Waals surface area contributed by atoms with E-state index in [0.29, 0.717) is 6.54 Å². The second-order valence-corrected chi connectivity index (χ2v) is 8.03. The smallest absolute Gasteiger partial charge is 0.359 e. The van der Waals surface area contributed by atoms with Gasteiger partial charge in [0.25, 0.3) is 0 Å². The lowest BCUT2D eigenvalue weighted by atomic mass is 10.2. The highest BCUT2D eigenvalue weighted by molar-refractivity contribution is 7.98. The lowest BCUT2D eigenvalue weighted by molar-refractivity contribution is 0.246. The minimum Gasteiger partial charge on any atom is -0.359 e. The van der Waals surface area contributed by atoms with E-state index in [-0.39, 0.29) is 12.6 Å². The van der Waals surface area contributed by atoms with Gasteiger partial charge in [0.15, 0.2) is 5.96 Å². The van der Waals surface area contributed by atoms with E-state index in [9.17, 15) is 9.46 Å². The number of aromatic nitrogens is 2. The van der Waals surface area contributed by atoms with Crippen molar-refractivity contribution in [3.8, 4) is 0 Å². The third-order valence-corrected chi connectivity index (χ3v) is 5.33. The largest absolute Gasteiger partial charge is 0.432 e. The first-order valence-corrected chi connectivity index (χ1v) is 10.8. The minimum absolute atomic E-state index is 0.0392. The number of aryl methyl sites for hydroxylation is 1. The summed E-state index contributed by atoms with van der Waals surface area (Å²) in [5.74, 6) is 1.78. The van der Waals surface area contributed by atoms with Crippen molar-refractivity contribution in [2.45, 2.75) is 19.3 Å². The Morgan fingerprint density at radius 1 is 1.42 bits per heavy atom. The molecule has 1 aromatic heterocycles. The molecular formula is C16H24N5O3PS. The van der Waals surface area contributed by atoms with E-state index in [4.69, 9.17) is 4.52 Å². The summed E-state index contributed by atoms with van der Waals surface area (Å²) >= 11 is 1.70. The van der Waals surface area contributed by atoms with Crippen molar-refractivity contribution in [3.05, 3.63) is 53.6 Å². The maximum Gasteiger partial charge on any atom is 0.432 e. The maximum atomic E-state index is 12.1. The van der Waals surface area contributed by atoms with Gasteiger partial charge in [-0.2, -0.15) is 11.8 Å². The summed E-state index contributed by atoms with van der Waals surface area (Å²) in [5.41, 5.74) is 2.91. The Bertz CT molecular complexity index is 753. The van der Waals surface area contributed by atoms with Gasteiger partial charge in [0.1, 0.15) is 0 Å². The number of nitrogens with zero attached hydrogens (tertiary/aromatic N) is 2. The summed E-state index contributed by atoms with van der Waals surface area (Å²) in [7, 11) is -2.37. The van der Waals surface area contributed by atoms with Gasteiger partial charge in [-0.15, -0.1) is 0 Å². The number of hydrogen-bond acceptors (Lipinski definition) is 5. The zero-order valence-electron chi connectivity index (χ0n) is 14.8. The Morgan fingerprint density at radius 2 is 2.19 bits per heavy atom. The van der Waals surface area contributed by atoms with E-state index in [1.165, 1.54) is 0 Å². The molecule has 0 amide bonds. The number of aliphatic imine (C=N–C) groups is 1. The molecule has 10 heteroatoms. The van der Waals surface area contributed by atoms with E-state index < -0.39 is 7.75 Å². The molecule has 4 N–H and O–H groups in total. The number of guanidine groups is 1. The normalized spacial score (nSPS) is 14.0. The highest BCUT2D eigenvalue weighted by Gasteiger charge is 2.21.